The number of aliphatic hydroxyl groups is 1. The maximum Gasteiger partial charge on any atom is 0.420 e. The fourth-order valence-electron chi connectivity index (χ4n) is 9.33. The van der Waals surface area contributed by atoms with Crippen LogP contribution in [0.3, 0.4) is 0 Å². The van der Waals surface area contributed by atoms with Gasteiger partial charge in [-0.2, -0.15) is 31.6 Å². The van der Waals surface area contributed by atoms with E-state index in [9.17, 15) is 55.9 Å². The predicted molar refractivity (Wildman–Crippen MR) is 280 cm³/mol. The highest BCUT2D eigenvalue weighted by molar-refractivity contribution is 7.81. The Morgan fingerprint density at radius 2 is 1.63 bits per heavy atom. The number of rotatable bonds is 17. The van der Waals surface area contributed by atoms with E-state index in [1.54, 1.807) is 26.3 Å². The second kappa shape index (κ2) is 23.3. The molecule has 0 bridgehead atoms. The molecule has 78 heavy (non-hydrogen) atoms. The van der Waals surface area contributed by atoms with Crippen LogP contribution in [0.2, 0.25) is 0 Å². The number of hydrogen-bond acceptors (Lipinski definition) is 13. The van der Waals surface area contributed by atoms with Crippen LogP contribution in [0.1, 0.15) is 94.8 Å². The normalized spacial score (nSPS) is 18.4. The Morgan fingerprint density at radius 3 is 2.23 bits per heavy atom. The molecule has 3 N–H and O–H groups in total. The summed E-state index contributed by atoms with van der Waals surface area (Å²) in [4.78, 5) is 67.6. The van der Waals surface area contributed by atoms with Crippen LogP contribution in [-0.2, 0) is 36.3 Å². The molecule has 4 amide bonds. The number of amides is 4. The molecule has 0 aliphatic carbocycles. The maximum atomic E-state index is 15.5. The third kappa shape index (κ3) is 12.7. The van der Waals surface area contributed by atoms with Crippen LogP contribution >= 0.6 is 24.0 Å². The number of alkyl halides is 6. The predicted octanol–water partition coefficient (Wildman–Crippen LogP) is 9.62. The zero-order valence-electron chi connectivity index (χ0n) is 43.4. The number of aromatic nitrogens is 2. The smallest absolute Gasteiger partial charge is 0.420 e. The molecule has 5 atom stereocenters. The van der Waals surface area contributed by atoms with Crippen molar-refractivity contribution in [2.24, 2.45) is 5.41 Å². The molecule has 2 aromatic heterocycles. The molecular weight excluding hydrogens is 1070 g/mol. The molecule has 0 saturated carbocycles. The van der Waals surface area contributed by atoms with Crippen LogP contribution in [0, 0.1) is 29.5 Å². The van der Waals surface area contributed by atoms with Gasteiger partial charge in [-0.05, 0) is 99.5 Å². The molecule has 0 radical (unpaired) electrons. The van der Waals surface area contributed by atoms with E-state index in [0.29, 0.717) is 0 Å². The number of ether oxygens (including phenoxy) is 2. The van der Waals surface area contributed by atoms with Gasteiger partial charge in [0.15, 0.2) is 11.3 Å². The standard InChI is InChI=1S/C54H57F7N8O7S2/c1-29(31-10-12-32(13-11-31)45-30(2)64-28-78-45)65-47(72)40-23-36(70)26-67(40)48(73)46(51(3,4)5)66-42(71)27-75-20-8-9-21-76-41-19-15-33(22-37(41)53(56,57)58)38-17-16-35(25-63-38)69-50(77)68(49(74)52(69,6)7)39-18-14-34(24-62)43(44(39)55)54(59,60)61/h10-19,22,25,28-29,36,40,46,50,70,77H,8-9,20-21,23,26-27H2,1-7H3,(H,65,72)(H,66,71)/t29-,36+,40-,46+,50?/m0/s1. The lowest BCUT2D eigenvalue weighted by atomic mass is 9.85. The van der Waals surface area contributed by atoms with E-state index >= 15 is 4.39 Å². The summed E-state index contributed by atoms with van der Waals surface area (Å²) in [6.45, 7) is 11.1. The number of carbonyl (C=O) groups is 4. The van der Waals surface area contributed by atoms with Crippen molar-refractivity contribution in [1.82, 2.24) is 25.5 Å². The van der Waals surface area contributed by atoms with E-state index in [-0.39, 0.29) is 56.0 Å². The largest absolute Gasteiger partial charge is 0.493 e. The number of likely N-dealkylation sites (tertiary alicyclic amines) is 1. The number of aliphatic hydroxyl groups excluding tert-OH is 1. The summed E-state index contributed by atoms with van der Waals surface area (Å²) in [6, 6.07) is 14.2. The van der Waals surface area contributed by atoms with Crippen molar-refractivity contribution < 1.29 is 64.5 Å². The fourth-order valence-corrected chi connectivity index (χ4v) is 10.8. The van der Waals surface area contributed by atoms with Crippen LogP contribution in [-0.4, -0.2) is 99.2 Å². The second-order valence-corrected chi connectivity index (χ2v) is 21.8. The average Bonchev–Trinajstić information content (AvgIpc) is 4.05. The first-order chi connectivity index (χ1) is 36.5. The molecule has 2 fully saturated rings. The van der Waals surface area contributed by atoms with Crippen LogP contribution < -0.4 is 25.2 Å². The number of nitrogens with zero attached hydrogens (tertiary/aromatic N) is 6. The Morgan fingerprint density at radius 1 is 0.949 bits per heavy atom. The molecule has 7 rings (SSSR count). The van der Waals surface area contributed by atoms with Crippen molar-refractivity contribution in [3.8, 4) is 33.5 Å². The van der Waals surface area contributed by atoms with Crippen molar-refractivity contribution >= 4 is 59.0 Å². The third-order valence-corrected chi connectivity index (χ3v) is 14.9. The Labute approximate surface area is 455 Å². The van der Waals surface area contributed by atoms with Crippen molar-refractivity contribution in [3.63, 3.8) is 0 Å². The zero-order chi connectivity index (χ0) is 57.2. The van der Waals surface area contributed by atoms with Gasteiger partial charge >= 0.3 is 12.4 Å². The lowest BCUT2D eigenvalue weighted by Crippen LogP contribution is -2.58. The molecule has 2 aliphatic rings. The van der Waals surface area contributed by atoms with Gasteiger partial charge in [-0.15, -0.1) is 24.0 Å². The number of benzene rings is 3. The number of thiazole rings is 1. The number of thiol groups is 1. The van der Waals surface area contributed by atoms with E-state index in [4.69, 9.17) is 9.47 Å². The maximum absolute atomic E-state index is 15.5. The van der Waals surface area contributed by atoms with Crippen LogP contribution in [0.15, 0.2) is 78.4 Å². The van der Waals surface area contributed by atoms with Gasteiger partial charge in [-0.1, -0.05) is 45.0 Å². The van der Waals surface area contributed by atoms with Crippen molar-refractivity contribution in [3.05, 3.63) is 112 Å². The molecule has 4 heterocycles. The first-order valence-corrected chi connectivity index (χ1v) is 26.0. The molecular formula is C54H57F7N8O7S2. The van der Waals surface area contributed by atoms with Gasteiger partial charge in [0.25, 0.3) is 5.91 Å². The molecule has 5 aromatic rings. The Hall–Kier alpha value is -6.81. The highest BCUT2D eigenvalue weighted by atomic mass is 32.1. The van der Waals surface area contributed by atoms with E-state index in [0.717, 1.165) is 50.9 Å². The molecule has 2 aliphatic heterocycles. The summed E-state index contributed by atoms with van der Waals surface area (Å²) < 4.78 is 111. The molecule has 1 unspecified atom stereocenters. The quantitative estimate of drug-likeness (QED) is 0.0394. The first-order valence-electron chi connectivity index (χ1n) is 24.6. The number of halogens is 7. The van der Waals surface area contributed by atoms with Crippen LogP contribution in [0.25, 0.3) is 21.7 Å². The van der Waals surface area contributed by atoms with Gasteiger partial charge in [0.1, 0.15) is 35.5 Å². The Kier molecular flexibility index (Phi) is 17.6. The minimum Gasteiger partial charge on any atom is -0.493 e. The number of anilines is 2. The van der Waals surface area contributed by atoms with Gasteiger partial charge in [0.05, 0.1) is 75.3 Å². The van der Waals surface area contributed by atoms with Crippen molar-refractivity contribution in [2.45, 2.75) is 115 Å². The van der Waals surface area contributed by atoms with Crippen LogP contribution in [0.5, 0.6) is 5.75 Å². The summed E-state index contributed by atoms with van der Waals surface area (Å²) in [5, 5.41) is 25.5. The number of hydrogen-bond donors (Lipinski definition) is 4. The van der Waals surface area contributed by atoms with Gasteiger partial charge < -0.3 is 35.0 Å². The minimum absolute atomic E-state index is 0.00432. The van der Waals surface area contributed by atoms with E-state index in [1.165, 1.54) is 65.4 Å². The molecule has 3 aromatic carbocycles. The Balaban J connectivity index is 0.905. The van der Waals surface area contributed by atoms with Gasteiger partial charge in [0.2, 0.25) is 17.7 Å². The van der Waals surface area contributed by atoms with Gasteiger partial charge in [-0.25, -0.2) is 9.37 Å². The number of unbranched alkanes of at least 4 members (excludes halogenated alkanes) is 1. The zero-order valence-corrected chi connectivity index (χ0v) is 45.1. The molecule has 15 nitrogen and oxygen atoms in total. The van der Waals surface area contributed by atoms with E-state index < -0.39 is 117 Å². The first kappa shape index (κ1) is 58.9. The number of nitrogens with one attached hydrogen (secondary N) is 2. The fraction of sp³-hybridized carbons (Fsp3) is 0.426. The van der Waals surface area contributed by atoms with Gasteiger partial charge in [-0.3, -0.25) is 29.1 Å². The second-order valence-electron chi connectivity index (χ2n) is 20.5. The monoisotopic (exact) mass is 1130 g/mol. The average molecular weight is 1130 g/mol. The SMILES string of the molecule is Cc1ncsc1-c1ccc([C@H](C)NC(=O)[C@@H]2C[C@@H](O)CN2C(=O)[C@@H](NC(=O)COCCCCOc2ccc(-c3ccc(N4C(S)N(c5ccc(C#N)c(C(F)(F)F)c5F)C(=O)C4(C)C)cn3)cc2C(F)(F)F)C(C)(C)C)cc1. The van der Waals surface area contributed by atoms with Crippen molar-refractivity contribution in [2.75, 3.05) is 36.2 Å². The number of β-amino-alcohol motifs (C(OH)–C–C–N with tert-alkyl or cyclic N) is 1. The van der Waals surface area contributed by atoms with Gasteiger partial charge in [0, 0.05) is 25.1 Å². The number of nitriles is 1. The highest BCUT2D eigenvalue weighted by Crippen LogP contribution is 2.45. The Bertz CT molecular complexity index is 3070. The minimum atomic E-state index is -5.26. The molecule has 0 spiro atoms. The van der Waals surface area contributed by atoms with Crippen molar-refractivity contribution in [1.29, 1.82) is 5.26 Å². The summed E-state index contributed by atoms with van der Waals surface area (Å²) in [5.74, 6) is -4.78. The number of pyridine rings is 1. The highest BCUT2D eigenvalue weighted by Gasteiger charge is 2.53. The summed E-state index contributed by atoms with van der Waals surface area (Å²) in [6.07, 6.45) is -9.35. The lowest BCUT2D eigenvalue weighted by molar-refractivity contribution is -0.144. The van der Waals surface area contributed by atoms with Crippen LogP contribution in [0.4, 0.5) is 42.1 Å². The third-order valence-electron chi connectivity index (χ3n) is 13.4. The number of carbonyl (C=O) groups excluding carboxylic acids is 4. The summed E-state index contributed by atoms with van der Waals surface area (Å²) in [5.41, 5.74) is -3.62. The number of aryl methyl sites for hydroxylation is 1. The topological polar surface area (TPSA) is 190 Å². The van der Waals surface area contributed by atoms with E-state index in [1.807, 2.05) is 38.1 Å². The summed E-state index contributed by atoms with van der Waals surface area (Å²) >= 11 is 5.99. The molecule has 24 heteroatoms. The van der Waals surface area contributed by atoms with E-state index in [2.05, 4.69) is 33.2 Å². The summed E-state index contributed by atoms with van der Waals surface area (Å²) in [7, 11) is 0. The molecule has 416 valence electrons. The molecule has 2 saturated heterocycles. The lowest BCUT2D eigenvalue weighted by Gasteiger charge is -2.35.